The lowest BCUT2D eigenvalue weighted by Crippen LogP contribution is -2.24. The molecular formula is C16H14Cl2N2O2. The summed E-state index contributed by atoms with van der Waals surface area (Å²) in [6.45, 7) is 0.584. The molecule has 0 aliphatic carbocycles. The van der Waals surface area contributed by atoms with Gasteiger partial charge in [-0.15, -0.1) is 0 Å². The maximum absolute atomic E-state index is 11.5. The molecule has 2 rings (SSSR count). The van der Waals surface area contributed by atoms with Crippen LogP contribution in [0.4, 0.5) is 4.79 Å². The molecule has 0 aliphatic heterocycles. The first-order chi connectivity index (χ1) is 10.6. The smallest absolute Gasteiger partial charge is 0.407 e. The maximum atomic E-state index is 11.5. The van der Waals surface area contributed by atoms with E-state index in [0.717, 1.165) is 11.1 Å². The highest BCUT2D eigenvalue weighted by molar-refractivity contribution is 6.41. The SMILES string of the molecule is O=C(NCC=Cc1cnc(Cl)c(Cl)c1)OCc1ccccc1. The van der Waals surface area contributed by atoms with Crippen molar-refractivity contribution in [2.75, 3.05) is 6.54 Å². The number of amides is 1. The van der Waals surface area contributed by atoms with Crippen LogP contribution in [0.1, 0.15) is 11.1 Å². The molecule has 0 bridgehead atoms. The number of aromatic nitrogens is 1. The number of hydrogen-bond acceptors (Lipinski definition) is 3. The molecule has 0 saturated carbocycles. The van der Waals surface area contributed by atoms with Crippen molar-refractivity contribution in [3.63, 3.8) is 0 Å². The van der Waals surface area contributed by atoms with Gasteiger partial charge < -0.3 is 10.1 Å². The lowest BCUT2D eigenvalue weighted by Gasteiger charge is -2.05. The van der Waals surface area contributed by atoms with Gasteiger partial charge in [-0.25, -0.2) is 9.78 Å². The molecule has 114 valence electrons. The van der Waals surface area contributed by atoms with Crippen LogP contribution in [-0.4, -0.2) is 17.6 Å². The van der Waals surface area contributed by atoms with Crippen molar-refractivity contribution in [2.24, 2.45) is 0 Å². The number of ether oxygens (including phenoxy) is 1. The molecule has 4 nitrogen and oxygen atoms in total. The van der Waals surface area contributed by atoms with Gasteiger partial charge >= 0.3 is 6.09 Å². The van der Waals surface area contributed by atoms with Gasteiger partial charge in [0.05, 0.1) is 5.02 Å². The van der Waals surface area contributed by atoms with E-state index in [1.165, 1.54) is 0 Å². The van der Waals surface area contributed by atoms with Gasteiger partial charge in [-0.1, -0.05) is 65.7 Å². The van der Waals surface area contributed by atoms with E-state index in [9.17, 15) is 4.79 Å². The van der Waals surface area contributed by atoms with Gasteiger partial charge in [0.25, 0.3) is 0 Å². The number of benzene rings is 1. The number of nitrogens with zero attached hydrogens (tertiary/aromatic N) is 1. The summed E-state index contributed by atoms with van der Waals surface area (Å²) in [6.07, 6.45) is 4.68. The number of rotatable bonds is 5. The Hall–Kier alpha value is -2.04. The van der Waals surface area contributed by atoms with Crippen molar-refractivity contribution in [2.45, 2.75) is 6.61 Å². The van der Waals surface area contributed by atoms with Crippen LogP contribution in [0.3, 0.4) is 0 Å². The second kappa shape index (κ2) is 8.41. The van der Waals surface area contributed by atoms with Crippen molar-refractivity contribution >= 4 is 35.4 Å². The van der Waals surface area contributed by atoms with Crippen LogP contribution in [0.25, 0.3) is 6.08 Å². The summed E-state index contributed by atoms with van der Waals surface area (Å²) >= 11 is 11.6. The molecule has 6 heteroatoms. The summed E-state index contributed by atoms with van der Waals surface area (Å²) in [5, 5.41) is 3.27. The summed E-state index contributed by atoms with van der Waals surface area (Å²) < 4.78 is 5.08. The fraction of sp³-hybridized carbons (Fsp3) is 0.125. The van der Waals surface area contributed by atoms with Gasteiger partial charge in [0, 0.05) is 12.7 Å². The standard InChI is InChI=1S/C16H14Cl2N2O2/c17-14-9-13(10-20-15(14)18)7-4-8-19-16(21)22-11-12-5-2-1-3-6-12/h1-7,9-10H,8,11H2,(H,19,21). The fourth-order valence-corrected chi connectivity index (χ4v) is 1.92. The Balaban J connectivity index is 1.72. The van der Waals surface area contributed by atoms with Gasteiger partial charge in [0.1, 0.15) is 11.8 Å². The number of halogens is 2. The van der Waals surface area contributed by atoms with Crippen molar-refractivity contribution in [1.82, 2.24) is 10.3 Å². The van der Waals surface area contributed by atoms with Crippen LogP contribution in [0.5, 0.6) is 0 Å². The third-order valence-corrected chi connectivity index (χ3v) is 3.39. The quantitative estimate of drug-likeness (QED) is 0.827. The predicted molar refractivity (Wildman–Crippen MR) is 87.9 cm³/mol. The van der Waals surface area contributed by atoms with E-state index in [1.807, 2.05) is 30.3 Å². The zero-order valence-corrected chi connectivity index (χ0v) is 13.1. The van der Waals surface area contributed by atoms with Crippen LogP contribution in [0, 0.1) is 0 Å². The van der Waals surface area contributed by atoms with E-state index in [4.69, 9.17) is 27.9 Å². The normalized spacial score (nSPS) is 10.6. The predicted octanol–water partition coefficient (Wildman–Crippen LogP) is 4.33. The number of carbonyl (C=O) groups excluding carboxylic acids is 1. The Morgan fingerprint density at radius 2 is 2.05 bits per heavy atom. The maximum Gasteiger partial charge on any atom is 0.407 e. The number of pyridine rings is 1. The molecule has 0 spiro atoms. The van der Waals surface area contributed by atoms with Crippen molar-refractivity contribution in [3.05, 3.63) is 70.0 Å². The highest BCUT2D eigenvalue weighted by atomic mass is 35.5. The number of alkyl carbamates (subject to hydrolysis) is 1. The van der Waals surface area contributed by atoms with Crippen molar-refractivity contribution in [3.8, 4) is 0 Å². The molecule has 2 aromatic rings. The molecule has 0 fully saturated rings. The average molecular weight is 337 g/mol. The largest absolute Gasteiger partial charge is 0.445 e. The monoisotopic (exact) mass is 336 g/mol. The summed E-state index contributed by atoms with van der Waals surface area (Å²) in [7, 11) is 0. The zero-order valence-electron chi connectivity index (χ0n) is 11.6. The Kier molecular flexibility index (Phi) is 6.25. The first-order valence-corrected chi connectivity index (χ1v) is 7.33. The van der Waals surface area contributed by atoms with Crippen molar-refractivity contribution in [1.29, 1.82) is 0 Å². The van der Waals surface area contributed by atoms with E-state index in [1.54, 1.807) is 24.4 Å². The number of hydrogen-bond donors (Lipinski definition) is 1. The van der Waals surface area contributed by atoms with Crippen molar-refractivity contribution < 1.29 is 9.53 Å². The molecule has 0 saturated heterocycles. The molecule has 0 unspecified atom stereocenters. The van der Waals surface area contributed by atoms with Crippen LogP contribution >= 0.6 is 23.2 Å². The Labute approximate surface area is 138 Å². The fourth-order valence-electron chi connectivity index (χ4n) is 1.64. The Morgan fingerprint density at radius 3 is 2.77 bits per heavy atom. The lowest BCUT2D eigenvalue weighted by molar-refractivity contribution is 0.141. The van der Waals surface area contributed by atoms with Gasteiger partial charge in [-0.2, -0.15) is 0 Å². The third kappa shape index (κ3) is 5.39. The highest BCUT2D eigenvalue weighted by Gasteiger charge is 2.01. The van der Waals surface area contributed by atoms with Gasteiger partial charge in [-0.05, 0) is 17.2 Å². The number of carbonyl (C=O) groups is 1. The first kappa shape index (κ1) is 16.3. The molecule has 0 atom stereocenters. The van der Waals surface area contributed by atoms with E-state index in [-0.39, 0.29) is 11.8 Å². The summed E-state index contributed by atoms with van der Waals surface area (Å²) in [5.74, 6) is 0. The highest BCUT2D eigenvalue weighted by Crippen LogP contribution is 2.20. The van der Waals surface area contributed by atoms with E-state index in [0.29, 0.717) is 11.6 Å². The molecule has 1 aromatic carbocycles. The van der Waals surface area contributed by atoms with Crippen LogP contribution in [0.2, 0.25) is 10.2 Å². The van der Waals surface area contributed by atoms with Gasteiger partial charge in [-0.3, -0.25) is 0 Å². The van der Waals surface area contributed by atoms with Gasteiger partial charge in [0.15, 0.2) is 0 Å². The summed E-state index contributed by atoms with van der Waals surface area (Å²) in [6, 6.07) is 11.2. The first-order valence-electron chi connectivity index (χ1n) is 6.57. The van der Waals surface area contributed by atoms with Crippen LogP contribution < -0.4 is 5.32 Å². The molecule has 0 radical (unpaired) electrons. The van der Waals surface area contributed by atoms with E-state index in [2.05, 4.69) is 10.3 Å². The lowest BCUT2D eigenvalue weighted by atomic mass is 10.2. The molecule has 1 aromatic heterocycles. The van der Waals surface area contributed by atoms with E-state index < -0.39 is 6.09 Å². The summed E-state index contributed by atoms with van der Waals surface area (Å²) in [4.78, 5) is 15.4. The minimum absolute atomic E-state index is 0.243. The molecule has 1 amide bonds. The third-order valence-electron chi connectivity index (χ3n) is 2.70. The molecule has 0 aliphatic rings. The Bertz CT molecular complexity index is 660. The van der Waals surface area contributed by atoms with E-state index >= 15 is 0 Å². The van der Waals surface area contributed by atoms with Gasteiger partial charge in [0.2, 0.25) is 0 Å². The minimum Gasteiger partial charge on any atom is -0.445 e. The molecule has 1 N–H and O–H groups in total. The average Bonchev–Trinajstić information content (AvgIpc) is 2.54. The molecular weight excluding hydrogens is 323 g/mol. The number of nitrogens with one attached hydrogen (secondary N) is 1. The summed E-state index contributed by atoms with van der Waals surface area (Å²) in [5.41, 5.74) is 1.74. The van der Waals surface area contributed by atoms with Crippen LogP contribution in [-0.2, 0) is 11.3 Å². The second-order valence-electron chi connectivity index (χ2n) is 4.39. The van der Waals surface area contributed by atoms with Crippen LogP contribution in [0.15, 0.2) is 48.7 Å². The Morgan fingerprint density at radius 1 is 1.27 bits per heavy atom. The minimum atomic E-state index is -0.472. The topological polar surface area (TPSA) is 51.2 Å². The molecule has 22 heavy (non-hydrogen) atoms. The zero-order chi connectivity index (χ0) is 15.8. The second-order valence-corrected chi connectivity index (χ2v) is 5.15. The molecule has 1 heterocycles.